The Kier molecular flexibility index (Phi) is 3.38. The van der Waals surface area contributed by atoms with Crippen LogP contribution in [0.2, 0.25) is 0 Å². The Balaban J connectivity index is 3.42. The van der Waals surface area contributed by atoms with Crippen molar-refractivity contribution in [3.05, 3.63) is 0 Å². The highest BCUT2D eigenvalue weighted by Gasteiger charge is 2.00. The normalized spacial score (nSPS) is 11.8. The molecule has 8 heavy (non-hydrogen) atoms. The third-order valence-electron chi connectivity index (χ3n) is 0.316. The molecule has 0 aromatic heterocycles. The summed E-state index contributed by atoms with van der Waals surface area (Å²) in [6.07, 6.45) is 0. The maximum atomic E-state index is 9.68. The van der Waals surface area contributed by atoms with Crippen molar-refractivity contribution in [2.24, 2.45) is 0 Å². The summed E-state index contributed by atoms with van der Waals surface area (Å²) >= 11 is 4.32. The second-order valence-electron chi connectivity index (χ2n) is 0.954. The van der Waals surface area contributed by atoms with Crippen LogP contribution in [0.3, 0.4) is 0 Å². The van der Waals surface area contributed by atoms with E-state index in [2.05, 4.69) is 16.8 Å². The lowest BCUT2D eigenvalue weighted by Crippen LogP contribution is -2.05. The predicted octanol–water partition coefficient (Wildman–Crippen LogP) is 0.00330. The van der Waals surface area contributed by atoms with Crippen LogP contribution in [0.4, 0.5) is 0 Å². The van der Waals surface area contributed by atoms with Crippen LogP contribution in [-0.2, 0) is 14.6 Å². The second kappa shape index (κ2) is 3.29. The summed E-state index contributed by atoms with van der Waals surface area (Å²) < 4.78 is 31.0. The van der Waals surface area contributed by atoms with Crippen LogP contribution in [-0.4, -0.2) is 25.3 Å². The summed E-state index contributed by atoms with van der Waals surface area (Å²) in [4.78, 5) is 0. The topological polar surface area (TPSA) is 63.6 Å². The predicted molar refractivity (Wildman–Crippen MR) is 30.0 cm³/mol. The van der Waals surface area contributed by atoms with Crippen LogP contribution in [0.1, 0.15) is 0 Å². The Labute approximate surface area is 53.2 Å². The Bertz CT molecular complexity index is 136. The zero-order valence-electron chi connectivity index (χ0n) is 3.90. The maximum Gasteiger partial charge on any atom is 0.397 e. The van der Waals surface area contributed by atoms with Gasteiger partial charge >= 0.3 is 10.4 Å². The maximum absolute atomic E-state index is 9.68. The highest BCUT2D eigenvalue weighted by Crippen LogP contribution is 1.85. The van der Waals surface area contributed by atoms with Gasteiger partial charge in [-0.05, 0) is 0 Å². The molecule has 0 aliphatic rings. The molecule has 0 saturated heterocycles. The van der Waals surface area contributed by atoms with E-state index in [0.29, 0.717) is 0 Å². The third kappa shape index (κ3) is 6.22. The first kappa shape index (κ1) is 8.22. The summed E-state index contributed by atoms with van der Waals surface area (Å²) in [6.45, 7) is -0.145. The van der Waals surface area contributed by atoms with Crippen LogP contribution < -0.4 is 0 Å². The molecule has 4 nitrogen and oxygen atoms in total. The number of rotatable bonds is 3. The molecular formula is C2H5O4S2. The minimum atomic E-state index is -4.25. The molecule has 1 N–H and O–H groups in total. The van der Waals surface area contributed by atoms with Crippen molar-refractivity contribution in [3.63, 3.8) is 0 Å². The fraction of sp³-hybridized carbons (Fsp3) is 1.00. The van der Waals surface area contributed by atoms with Crippen molar-refractivity contribution in [1.29, 1.82) is 0 Å². The standard InChI is InChI=1S/C2H5O4S2/c3-8(4,5)6-1-2-7/h1-2H2,(H,3,4,5). The minimum Gasteiger partial charge on any atom is -0.264 e. The molecule has 0 saturated carbocycles. The first-order valence-corrected chi connectivity index (χ1v) is 3.70. The summed E-state index contributed by atoms with van der Waals surface area (Å²) in [5.74, 6) is 0.153. The average molecular weight is 157 g/mol. The molecule has 0 unspecified atom stereocenters. The van der Waals surface area contributed by atoms with E-state index in [1.165, 1.54) is 0 Å². The number of hydrogen-bond donors (Lipinski definition) is 1. The molecule has 0 amide bonds. The molecule has 0 rings (SSSR count). The molecule has 0 aliphatic heterocycles. The van der Waals surface area contributed by atoms with Gasteiger partial charge < -0.3 is 0 Å². The fourth-order valence-electron chi connectivity index (χ4n) is 0.139. The average Bonchev–Trinajstić information content (AvgIpc) is 1.59. The second-order valence-corrected chi connectivity index (χ2v) is 2.45. The van der Waals surface area contributed by atoms with Crippen LogP contribution >= 0.6 is 12.6 Å². The molecule has 0 atom stereocenters. The van der Waals surface area contributed by atoms with E-state index in [4.69, 9.17) is 4.55 Å². The van der Waals surface area contributed by atoms with Crippen LogP contribution in [0, 0.1) is 0 Å². The van der Waals surface area contributed by atoms with Gasteiger partial charge in [-0.2, -0.15) is 8.42 Å². The van der Waals surface area contributed by atoms with Crippen molar-refractivity contribution in [3.8, 4) is 0 Å². The lowest BCUT2D eigenvalue weighted by Gasteiger charge is -1.91. The van der Waals surface area contributed by atoms with Crippen LogP contribution in [0.5, 0.6) is 0 Å². The van der Waals surface area contributed by atoms with E-state index in [1.807, 2.05) is 0 Å². The molecule has 0 aliphatic carbocycles. The Morgan fingerprint density at radius 2 is 2.12 bits per heavy atom. The van der Waals surface area contributed by atoms with Gasteiger partial charge in [0.25, 0.3) is 0 Å². The molecule has 0 aromatic carbocycles. The molecule has 49 valence electrons. The smallest absolute Gasteiger partial charge is 0.264 e. The van der Waals surface area contributed by atoms with E-state index >= 15 is 0 Å². The van der Waals surface area contributed by atoms with Gasteiger partial charge in [0.2, 0.25) is 0 Å². The Morgan fingerprint density at radius 1 is 1.62 bits per heavy atom. The van der Waals surface area contributed by atoms with Crippen molar-refractivity contribution in [2.75, 3.05) is 12.4 Å². The first-order chi connectivity index (χ1) is 3.56. The molecule has 6 heteroatoms. The van der Waals surface area contributed by atoms with Crippen LogP contribution in [0.15, 0.2) is 0 Å². The van der Waals surface area contributed by atoms with E-state index in [0.717, 1.165) is 0 Å². The van der Waals surface area contributed by atoms with Gasteiger partial charge in [-0.1, -0.05) is 12.6 Å². The summed E-state index contributed by atoms with van der Waals surface area (Å²) in [6, 6.07) is 0. The Hall–Kier alpha value is 0.220. The largest absolute Gasteiger partial charge is 0.397 e. The fourth-order valence-corrected chi connectivity index (χ4v) is 0.622. The van der Waals surface area contributed by atoms with E-state index in [1.54, 1.807) is 0 Å². The lowest BCUT2D eigenvalue weighted by molar-refractivity contribution is 0.285. The molecule has 0 heterocycles. The SMILES string of the molecule is O=S(=O)(O)OCC[S]. The van der Waals surface area contributed by atoms with Gasteiger partial charge in [0, 0.05) is 5.75 Å². The van der Waals surface area contributed by atoms with Gasteiger partial charge in [0.05, 0.1) is 6.61 Å². The minimum absolute atomic E-state index is 0.145. The van der Waals surface area contributed by atoms with Crippen molar-refractivity contribution in [2.45, 2.75) is 0 Å². The van der Waals surface area contributed by atoms with E-state index in [-0.39, 0.29) is 12.4 Å². The van der Waals surface area contributed by atoms with Crippen molar-refractivity contribution < 1.29 is 17.2 Å². The first-order valence-electron chi connectivity index (χ1n) is 1.76. The highest BCUT2D eigenvalue weighted by molar-refractivity contribution is 7.81. The van der Waals surface area contributed by atoms with Gasteiger partial charge in [-0.15, -0.1) is 0 Å². The monoisotopic (exact) mass is 157 g/mol. The van der Waals surface area contributed by atoms with Crippen molar-refractivity contribution >= 4 is 23.0 Å². The lowest BCUT2D eigenvalue weighted by atomic mass is 10.9. The zero-order chi connectivity index (χ0) is 6.62. The van der Waals surface area contributed by atoms with E-state index in [9.17, 15) is 8.42 Å². The van der Waals surface area contributed by atoms with E-state index < -0.39 is 10.4 Å². The van der Waals surface area contributed by atoms with Gasteiger partial charge in [0.15, 0.2) is 0 Å². The summed E-state index contributed by atoms with van der Waals surface area (Å²) in [5, 5.41) is 0. The molecule has 0 bridgehead atoms. The third-order valence-corrected chi connectivity index (χ3v) is 0.947. The summed E-state index contributed by atoms with van der Waals surface area (Å²) in [7, 11) is -4.25. The number of hydrogen-bond acceptors (Lipinski definition) is 3. The van der Waals surface area contributed by atoms with Gasteiger partial charge in [-0.3, -0.25) is 4.55 Å². The van der Waals surface area contributed by atoms with Gasteiger partial charge in [-0.25, -0.2) is 4.18 Å². The highest BCUT2D eigenvalue weighted by atomic mass is 32.3. The quantitative estimate of drug-likeness (QED) is 0.586. The molecule has 0 aromatic rings. The van der Waals surface area contributed by atoms with Crippen LogP contribution in [0.25, 0.3) is 0 Å². The molecule has 0 spiro atoms. The zero-order valence-corrected chi connectivity index (χ0v) is 5.54. The van der Waals surface area contributed by atoms with Gasteiger partial charge in [0.1, 0.15) is 0 Å². The molecular weight excluding hydrogens is 152 g/mol. The molecule has 0 fully saturated rings. The van der Waals surface area contributed by atoms with Crippen molar-refractivity contribution in [1.82, 2.24) is 0 Å². The molecule has 1 radical (unpaired) electrons. The summed E-state index contributed by atoms with van der Waals surface area (Å²) in [5.41, 5.74) is 0. The Morgan fingerprint density at radius 3 is 2.25 bits per heavy atom.